The topological polar surface area (TPSA) is 66.9 Å². The fourth-order valence-electron chi connectivity index (χ4n) is 1.62. The van der Waals surface area contributed by atoms with Crippen LogP contribution in [0.3, 0.4) is 0 Å². The van der Waals surface area contributed by atoms with Crippen LogP contribution in [0.1, 0.15) is 12.1 Å². The predicted octanol–water partition coefficient (Wildman–Crippen LogP) is 3.25. The van der Waals surface area contributed by atoms with Crippen LogP contribution in [0.25, 0.3) is 0 Å². The zero-order chi connectivity index (χ0) is 14.4. The van der Waals surface area contributed by atoms with Gasteiger partial charge in [0.2, 0.25) is 5.91 Å². The van der Waals surface area contributed by atoms with Crippen LogP contribution in [0.2, 0.25) is 0 Å². The van der Waals surface area contributed by atoms with Gasteiger partial charge in [-0.1, -0.05) is 15.9 Å². The Bertz CT molecular complexity index is 586. The first-order chi connectivity index (χ1) is 9.67. The Morgan fingerprint density at radius 2 is 1.90 bits per heavy atom. The summed E-state index contributed by atoms with van der Waals surface area (Å²) in [5.41, 5.74) is 2.59. The second kappa shape index (κ2) is 7.00. The van der Waals surface area contributed by atoms with Gasteiger partial charge in [0.05, 0.1) is 0 Å². The lowest BCUT2D eigenvalue weighted by molar-refractivity contribution is -0.115. The number of nitrogens with one attached hydrogen (secondary N) is 2. The molecule has 0 unspecified atom stereocenters. The van der Waals surface area contributed by atoms with Crippen LogP contribution in [-0.4, -0.2) is 21.2 Å². The Kier molecular flexibility index (Phi) is 5.06. The molecule has 1 heterocycles. The quantitative estimate of drug-likeness (QED) is 0.823. The van der Waals surface area contributed by atoms with E-state index in [2.05, 4.69) is 36.5 Å². The monoisotopic (exact) mass is 334 g/mol. The number of amides is 1. The smallest absolute Gasteiger partial charge is 0.225 e. The second-order valence-electron chi connectivity index (χ2n) is 4.23. The van der Waals surface area contributed by atoms with Crippen LogP contribution in [-0.2, 0) is 4.79 Å². The molecule has 0 spiro atoms. The molecule has 0 saturated carbocycles. The van der Waals surface area contributed by atoms with E-state index < -0.39 is 0 Å². The third-order valence-electron chi connectivity index (χ3n) is 2.57. The SMILES string of the molecule is Cc1cc(Nc2ccc(NC(=O)CCBr)cc2)ncn1. The molecule has 0 aliphatic rings. The Balaban J connectivity index is 1.99. The second-order valence-corrected chi connectivity index (χ2v) is 5.03. The molecule has 0 saturated heterocycles. The summed E-state index contributed by atoms with van der Waals surface area (Å²) in [6.45, 7) is 1.91. The summed E-state index contributed by atoms with van der Waals surface area (Å²) < 4.78 is 0. The molecule has 104 valence electrons. The molecular weight excluding hydrogens is 320 g/mol. The van der Waals surface area contributed by atoms with Gasteiger partial charge in [-0.3, -0.25) is 4.79 Å². The Labute approximate surface area is 126 Å². The van der Waals surface area contributed by atoms with Crippen molar-refractivity contribution in [3.8, 4) is 0 Å². The van der Waals surface area contributed by atoms with Gasteiger partial charge < -0.3 is 10.6 Å². The van der Waals surface area contributed by atoms with Crippen molar-refractivity contribution in [3.05, 3.63) is 42.4 Å². The largest absolute Gasteiger partial charge is 0.340 e. The fraction of sp³-hybridized carbons (Fsp3) is 0.214. The molecule has 0 aliphatic carbocycles. The molecule has 1 amide bonds. The Morgan fingerprint density at radius 1 is 1.20 bits per heavy atom. The highest BCUT2D eigenvalue weighted by molar-refractivity contribution is 9.09. The van der Waals surface area contributed by atoms with Crippen LogP contribution < -0.4 is 10.6 Å². The molecule has 1 aromatic carbocycles. The van der Waals surface area contributed by atoms with Crippen molar-refractivity contribution in [2.75, 3.05) is 16.0 Å². The lowest BCUT2D eigenvalue weighted by atomic mass is 10.2. The van der Waals surface area contributed by atoms with Crippen LogP contribution in [0.4, 0.5) is 17.2 Å². The highest BCUT2D eigenvalue weighted by Crippen LogP contribution is 2.17. The van der Waals surface area contributed by atoms with Crippen molar-refractivity contribution in [2.24, 2.45) is 0 Å². The molecule has 2 aromatic rings. The molecule has 0 aliphatic heterocycles. The number of rotatable bonds is 5. The number of alkyl halides is 1. The summed E-state index contributed by atoms with van der Waals surface area (Å²) in [6, 6.07) is 9.35. The van der Waals surface area contributed by atoms with E-state index in [1.165, 1.54) is 6.33 Å². The van der Waals surface area contributed by atoms with Gasteiger partial charge in [0.15, 0.2) is 0 Å². The summed E-state index contributed by atoms with van der Waals surface area (Å²) in [5, 5.41) is 6.66. The number of aryl methyl sites for hydroxylation is 1. The van der Waals surface area contributed by atoms with Crippen LogP contribution in [0.15, 0.2) is 36.7 Å². The van der Waals surface area contributed by atoms with Crippen molar-refractivity contribution in [3.63, 3.8) is 0 Å². The molecule has 1 aromatic heterocycles. The average Bonchev–Trinajstić information content (AvgIpc) is 2.41. The maximum atomic E-state index is 11.5. The molecular formula is C14H15BrN4O. The predicted molar refractivity (Wildman–Crippen MR) is 83.5 cm³/mol. The summed E-state index contributed by atoms with van der Waals surface area (Å²) in [5.74, 6) is 0.739. The average molecular weight is 335 g/mol. The fourth-order valence-corrected chi connectivity index (χ4v) is 1.98. The van der Waals surface area contributed by atoms with Gasteiger partial charge in [0.1, 0.15) is 12.1 Å². The molecule has 0 bridgehead atoms. The van der Waals surface area contributed by atoms with Crippen molar-refractivity contribution >= 4 is 39.0 Å². The number of nitrogens with zero attached hydrogens (tertiary/aromatic N) is 2. The van der Waals surface area contributed by atoms with Gasteiger partial charge in [-0.25, -0.2) is 9.97 Å². The van der Waals surface area contributed by atoms with Gasteiger partial charge in [0, 0.05) is 34.9 Å². The Morgan fingerprint density at radius 3 is 2.55 bits per heavy atom. The number of hydrogen-bond donors (Lipinski definition) is 2. The molecule has 20 heavy (non-hydrogen) atoms. The number of halogens is 1. The number of anilines is 3. The van der Waals surface area contributed by atoms with E-state index in [1.807, 2.05) is 37.3 Å². The molecule has 2 rings (SSSR count). The minimum Gasteiger partial charge on any atom is -0.340 e. The highest BCUT2D eigenvalue weighted by atomic mass is 79.9. The van der Waals surface area contributed by atoms with Gasteiger partial charge in [-0.2, -0.15) is 0 Å². The number of benzene rings is 1. The van der Waals surface area contributed by atoms with Gasteiger partial charge >= 0.3 is 0 Å². The van der Waals surface area contributed by atoms with E-state index in [4.69, 9.17) is 0 Å². The zero-order valence-corrected chi connectivity index (χ0v) is 12.6. The summed E-state index contributed by atoms with van der Waals surface area (Å²) in [6.07, 6.45) is 1.98. The summed E-state index contributed by atoms with van der Waals surface area (Å²) >= 11 is 3.23. The maximum absolute atomic E-state index is 11.5. The lowest BCUT2D eigenvalue weighted by Gasteiger charge is -2.08. The van der Waals surface area contributed by atoms with Crippen molar-refractivity contribution in [1.29, 1.82) is 0 Å². The lowest BCUT2D eigenvalue weighted by Crippen LogP contribution is -2.11. The van der Waals surface area contributed by atoms with E-state index in [9.17, 15) is 4.79 Å². The van der Waals surface area contributed by atoms with Crippen LogP contribution in [0, 0.1) is 6.92 Å². The van der Waals surface area contributed by atoms with E-state index in [1.54, 1.807) is 0 Å². The minimum atomic E-state index is -0.00555. The number of aromatic nitrogens is 2. The normalized spacial score (nSPS) is 10.1. The van der Waals surface area contributed by atoms with Gasteiger partial charge in [0.25, 0.3) is 0 Å². The van der Waals surface area contributed by atoms with E-state index in [0.717, 1.165) is 22.9 Å². The summed E-state index contributed by atoms with van der Waals surface area (Å²) in [7, 11) is 0. The first kappa shape index (κ1) is 14.5. The van der Waals surface area contributed by atoms with Crippen molar-refractivity contribution in [1.82, 2.24) is 9.97 Å². The number of carbonyl (C=O) groups excluding carboxylic acids is 1. The molecule has 6 heteroatoms. The maximum Gasteiger partial charge on any atom is 0.225 e. The molecule has 0 radical (unpaired) electrons. The molecule has 5 nitrogen and oxygen atoms in total. The summed E-state index contributed by atoms with van der Waals surface area (Å²) in [4.78, 5) is 19.6. The number of hydrogen-bond acceptors (Lipinski definition) is 4. The first-order valence-corrected chi connectivity index (χ1v) is 7.31. The van der Waals surface area contributed by atoms with Gasteiger partial charge in [-0.15, -0.1) is 0 Å². The molecule has 2 N–H and O–H groups in total. The highest BCUT2D eigenvalue weighted by Gasteiger charge is 2.01. The van der Waals surface area contributed by atoms with Crippen molar-refractivity contribution < 1.29 is 4.79 Å². The minimum absolute atomic E-state index is 0.00555. The van der Waals surface area contributed by atoms with Crippen LogP contribution >= 0.6 is 15.9 Å². The zero-order valence-electron chi connectivity index (χ0n) is 11.1. The third kappa shape index (κ3) is 4.31. The van der Waals surface area contributed by atoms with E-state index >= 15 is 0 Å². The Hall–Kier alpha value is -1.95. The molecule has 0 atom stereocenters. The molecule has 0 fully saturated rings. The first-order valence-electron chi connectivity index (χ1n) is 6.19. The third-order valence-corrected chi connectivity index (χ3v) is 2.96. The van der Waals surface area contributed by atoms with Crippen LogP contribution in [0.5, 0.6) is 0 Å². The van der Waals surface area contributed by atoms with E-state index in [0.29, 0.717) is 11.8 Å². The van der Waals surface area contributed by atoms with Gasteiger partial charge in [-0.05, 0) is 31.2 Å². The number of carbonyl (C=O) groups is 1. The van der Waals surface area contributed by atoms with Crippen molar-refractivity contribution in [2.45, 2.75) is 13.3 Å². The van der Waals surface area contributed by atoms with E-state index in [-0.39, 0.29) is 5.91 Å². The standard InChI is InChI=1S/C14H15BrN4O/c1-10-8-13(17-9-16-10)18-11-2-4-12(5-3-11)19-14(20)6-7-15/h2-5,8-9H,6-7H2,1H3,(H,19,20)(H,16,17,18).